The summed E-state index contributed by atoms with van der Waals surface area (Å²) in [5.41, 5.74) is 1.29. The fourth-order valence-electron chi connectivity index (χ4n) is 3.89. The first kappa shape index (κ1) is 20.6. The second-order valence-electron chi connectivity index (χ2n) is 7.38. The van der Waals surface area contributed by atoms with E-state index in [0.29, 0.717) is 24.5 Å². The second kappa shape index (κ2) is 8.21. The lowest BCUT2D eigenvalue weighted by molar-refractivity contribution is -0.143. The van der Waals surface area contributed by atoms with Gasteiger partial charge in [0.15, 0.2) is 0 Å². The third-order valence-corrected chi connectivity index (χ3v) is 5.32. The molecule has 4 rings (SSSR count). The number of nitrogens with one attached hydrogen (secondary N) is 2. The highest BCUT2D eigenvalue weighted by atomic mass is 19.1. The highest BCUT2D eigenvalue weighted by molar-refractivity contribution is 5.96. The van der Waals surface area contributed by atoms with E-state index in [4.69, 9.17) is 9.84 Å². The number of carboxylic acids is 1. The molecule has 2 aliphatic rings. The van der Waals surface area contributed by atoms with E-state index in [1.807, 2.05) is 0 Å². The molecule has 0 spiro atoms. The molecule has 0 saturated carbocycles. The van der Waals surface area contributed by atoms with Gasteiger partial charge in [-0.2, -0.15) is 0 Å². The Kier molecular flexibility index (Phi) is 5.45. The summed E-state index contributed by atoms with van der Waals surface area (Å²) in [6.45, 7) is -0.208. The van der Waals surface area contributed by atoms with Crippen LogP contribution in [0.5, 0.6) is 5.75 Å². The quantitative estimate of drug-likeness (QED) is 0.672. The van der Waals surface area contributed by atoms with Gasteiger partial charge in [-0.1, -0.05) is 0 Å². The van der Waals surface area contributed by atoms with Crippen LogP contribution in [-0.4, -0.2) is 53.7 Å². The number of carbonyl (C=O) groups is 3. The van der Waals surface area contributed by atoms with E-state index >= 15 is 0 Å². The molecular formula is C21H19F2N3O5. The predicted octanol–water partition coefficient (Wildman–Crippen LogP) is 2.10. The SMILES string of the molecule is O=C(O)CN1C[C@@H](c2cc3c(cc2F)OCC3)[C@@H](NC(=O)Nc2ccc(F)cc2)C1=O. The number of hydrogen-bond acceptors (Lipinski definition) is 4. The highest BCUT2D eigenvalue weighted by Gasteiger charge is 2.44. The number of anilines is 1. The molecule has 1 fully saturated rings. The number of aliphatic carboxylic acids is 1. The molecule has 162 valence electrons. The highest BCUT2D eigenvalue weighted by Crippen LogP contribution is 2.36. The maximum atomic E-state index is 14.8. The van der Waals surface area contributed by atoms with Crippen LogP contribution in [0.25, 0.3) is 0 Å². The number of hydrogen-bond donors (Lipinski definition) is 3. The number of halogens is 2. The van der Waals surface area contributed by atoms with Crippen LogP contribution in [-0.2, 0) is 16.0 Å². The monoisotopic (exact) mass is 431 g/mol. The molecule has 8 nitrogen and oxygen atoms in total. The maximum Gasteiger partial charge on any atom is 0.323 e. The van der Waals surface area contributed by atoms with Crippen molar-refractivity contribution in [1.29, 1.82) is 0 Å². The number of ether oxygens (including phenoxy) is 1. The minimum absolute atomic E-state index is 0.0663. The number of urea groups is 1. The number of rotatable bonds is 5. The van der Waals surface area contributed by atoms with Crippen LogP contribution in [0.15, 0.2) is 36.4 Å². The molecule has 1 saturated heterocycles. The Morgan fingerprint density at radius 2 is 1.94 bits per heavy atom. The van der Waals surface area contributed by atoms with Crippen LogP contribution in [0, 0.1) is 11.6 Å². The van der Waals surface area contributed by atoms with E-state index < -0.39 is 48.0 Å². The lowest BCUT2D eigenvalue weighted by Gasteiger charge is -2.20. The van der Waals surface area contributed by atoms with Gasteiger partial charge < -0.3 is 25.4 Å². The molecule has 0 radical (unpaired) electrons. The molecule has 3 N–H and O–H groups in total. The van der Waals surface area contributed by atoms with Crippen molar-refractivity contribution in [2.75, 3.05) is 25.0 Å². The van der Waals surface area contributed by atoms with Crippen molar-refractivity contribution in [3.63, 3.8) is 0 Å². The first-order valence-corrected chi connectivity index (χ1v) is 9.60. The molecule has 3 amide bonds. The molecule has 31 heavy (non-hydrogen) atoms. The fraction of sp³-hybridized carbons (Fsp3) is 0.286. The molecule has 2 aromatic carbocycles. The zero-order valence-electron chi connectivity index (χ0n) is 16.2. The van der Waals surface area contributed by atoms with E-state index in [1.165, 1.54) is 18.2 Å². The van der Waals surface area contributed by atoms with E-state index in [0.717, 1.165) is 22.6 Å². The summed E-state index contributed by atoms with van der Waals surface area (Å²) in [6.07, 6.45) is 0.589. The Hall–Kier alpha value is -3.69. The van der Waals surface area contributed by atoms with Crippen molar-refractivity contribution < 1.29 is 33.0 Å². The minimum Gasteiger partial charge on any atom is -0.493 e. The lowest BCUT2D eigenvalue weighted by Crippen LogP contribution is -2.46. The van der Waals surface area contributed by atoms with Gasteiger partial charge in [0.2, 0.25) is 5.91 Å². The third kappa shape index (κ3) is 4.27. The van der Waals surface area contributed by atoms with Gasteiger partial charge >= 0.3 is 12.0 Å². The summed E-state index contributed by atoms with van der Waals surface area (Å²) < 4.78 is 33.2. The van der Waals surface area contributed by atoms with Gasteiger partial charge in [-0.3, -0.25) is 9.59 Å². The van der Waals surface area contributed by atoms with E-state index in [2.05, 4.69) is 10.6 Å². The van der Waals surface area contributed by atoms with E-state index in [1.54, 1.807) is 6.07 Å². The van der Waals surface area contributed by atoms with Crippen molar-refractivity contribution in [3.8, 4) is 5.75 Å². The number of fused-ring (bicyclic) bond motifs is 1. The van der Waals surface area contributed by atoms with Crippen molar-refractivity contribution in [3.05, 3.63) is 59.2 Å². The van der Waals surface area contributed by atoms with Gasteiger partial charge in [-0.15, -0.1) is 0 Å². The van der Waals surface area contributed by atoms with Crippen molar-refractivity contribution in [2.24, 2.45) is 0 Å². The van der Waals surface area contributed by atoms with Crippen LogP contribution in [0.2, 0.25) is 0 Å². The van der Waals surface area contributed by atoms with E-state index in [9.17, 15) is 23.2 Å². The van der Waals surface area contributed by atoms with Gasteiger partial charge in [0.25, 0.3) is 0 Å². The summed E-state index contributed by atoms with van der Waals surface area (Å²) in [7, 11) is 0. The first-order chi connectivity index (χ1) is 14.8. The molecule has 2 atom stereocenters. The zero-order valence-corrected chi connectivity index (χ0v) is 16.2. The van der Waals surface area contributed by atoms with Gasteiger partial charge in [0.1, 0.15) is 30.0 Å². The molecule has 0 aromatic heterocycles. The predicted molar refractivity (Wildman–Crippen MR) is 105 cm³/mol. The number of carboxylic acid groups (broad SMARTS) is 1. The first-order valence-electron chi connectivity index (χ1n) is 9.60. The average molecular weight is 431 g/mol. The second-order valence-corrected chi connectivity index (χ2v) is 7.38. The Balaban J connectivity index is 1.59. The summed E-state index contributed by atoms with van der Waals surface area (Å²) in [4.78, 5) is 37.5. The fourth-order valence-corrected chi connectivity index (χ4v) is 3.89. The number of nitrogens with zero attached hydrogens (tertiary/aromatic N) is 1. The van der Waals surface area contributed by atoms with Crippen molar-refractivity contribution in [2.45, 2.75) is 18.4 Å². The number of benzene rings is 2. The smallest absolute Gasteiger partial charge is 0.323 e. The van der Waals surface area contributed by atoms with Gasteiger partial charge in [0.05, 0.1) is 6.61 Å². The Bertz CT molecular complexity index is 1040. The molecule has 2 aliphatic heterocycles. The normalized spacial score (nSPS) is 19.7. The number of likely N-dealkylation sites (tertiary alicyclic amines) is 1. The summed E-state index contributed by atoms with van der Waals surface area (Å²) >= 11 is 0. The maximum absolute atomic E-state index is 14.8. The average Bonchev–Trinajstić information content (AvgIpc) is 3.28. The standard InChI is InChI=1S/C21H19F2N3O5/c22-12-1-3-13(4-2-12)24-21(30)25-19-15(9-26(20(19)29)10-18(27)28)14-7-11-5-6-31-17(11)8-16(14)23/h1-4,7-8,15,19H,5-6,9-10H2,(H,27,28)(H2,24,25,30)/t15-,19+/m0/s1. The molecule has 0 unspecified atom stereocenters. The number of amides is 3. The topological polar surface area (TPSA) is 108 Å². The van der Waals surface area contributed by atoms with Crippen LogP contribution in [0.3, 0.4) is 0 Å². The molecular weight excluding hydrogens is 412 g/mol. The molecule has 0 aliphatic carbocycles. The Labute approximate surface area is 175 Å². The molecule has 2 heterocycles. The summed E-state index contributed by atoms with van der Waals surface area (Å²) in [6, 6.07) is 5.95. The van der Waals surface area contributed by atoms with E-state index in [-0.39, 0.29) is 12.1 Å². The number of carbonyl (C=O) groups excluding carboxylic acids is 2. The van der Waals surface area contributed by atoms with Gasteiger partial charge in [0, 0.05) is 30.6 Å². The van der Waals surface area contributed by atoms with Crippen LogP contribution < -0.4 is 15.4 Å². The Morgan fingerprint density at radius 3 is 2.65 bits per heavy atom. The van der Waals surface area contributed by atoms with Crippen LogP contribution >= 0.6 is 0 Å². The van der Waals surface area contributed by atoms with Crippen LogP contribution in [0.4, 0.5) is 19.3 Å². The zero-order chi connectivity index (χ0) is 22.1. The largest absolute Gasteiger partial charge is 0.493 e. The van der Waals surface area contributed by atoms with Crippen molar-refractivity contribution in [1.82, 2.24) is 10.2 Å². The lowest BCUT2D eigenvalue weighted by atomic mass is 9.91. The Morgan fingerprint density at radius 1 is 1.19 bits per heavy atom. The van der Waals surface area contributed by atoms with Crippen LogP contribution in [0.1, 0.15) is 17.0 Å². The molecule has 10 heteroatoms. The molecule has 2 aromatic rings. The minimum atomic E-state index is -1.22. The molecule has 0 bridgehead atoms. The van der Waals surface area contributed by atoms with Gasteiger partial charge in [-0.05, 0) is 41.5 Å². The van der Waals surface area contributed by atoms with Crippen molar-refractivity contribution >= 4 is 23.6 Å². The summed E-state index contributed by atoms with van der Waals surface area (Å²) in [5.74, 6) is -3.27. The third-order valence-electron chi connectivity index (χ3n) is 5.32. The van der Waals surface area contributed by atoms with Gasteiger partial charge in [-0.25, -0.2) is 13.6 Å². The summed E-state index contributed by atoms with van der Waals surface area (Å²) in [5, 5.41) is 14.1.